The van der Waals surface area contributed by atoms with Gasteiger partial charge in [-0.1, -0.05) is 17.3 Å². The van der Waals surface area contributed by atoms with Gasteiger partial charge in [-0.3, -0.25) is 10.1 Å². The Morgan fingerprint density at radius 3 is 2.76 bits per heavy atom. The Hall–Kier alpha value is -2.67. The molecular weight excluding hydrogens is 288 g/mol. The summed E-state index contributed by atoms with van der Waals surface area (Å²) in [5.74, 6) is 0.190. The Bertz CT molecular complexity index is 776. The van der Waals surface area contributed by atoms with E-state index >= 15 is 0 Å². The van der Waals surface area contributed by atoms with Gasteiger partial charge in [-0.2, -0.15) is 0 Å². The van der Waals surface area contributed by atoms with Crippen LogP contribution in [0.4, 0.5) is 10.8 Å². The molecular formula is C14H12N4O2S. The summed E-state index contributed by atoms with van der Waals surface area (Å²) in [4.78, 5) is 16.4. The maximum absolute atomic E-state index is 12.0. The maximum Gasteiger partial charge on any atom is 0.262 e. The van der Waals surface area contributed by atoms with Crippen LogP contribution in [0.5, 0.6) is 0 Å². The van der Waals surface area contributed by atoms with Crippen LogP contribution in [0, 0.1) is 6.92 Å². The highest BCUT2D eigenvalue weighted by Crippen LogP contribution is 2.26. The van der Waals surface area contributed by atoms with Gasteiger partial charge < -0.3 is 10.3 Å². The number of nitrogens with zero attached hydrogens (tertiary/aromatic N) is 2. The molecule has 0 saturated heterocycles. The summed E-state index contributed by atoms with van der Waals surface area (Å²) in [6.45, 7) is 1.68. The minimum atomic E-state index is -0.285. The molecule has 0 spiro atoms. The molecule has 0 aliphatic carbocycles. The monoisotopic (exact) mass is 300 g/mol. The SMILES string of the molecule is Cc1oncc1C(=O)Nc1nc(-c2ccc(N)cc2)cs1. The van der Waals surface area contributed by atoms with Crippen LogP contribution in [0.25, 0.3) is 11.3 Å². The van der Waals surface area contributed by atoms with Crippen LogP contribution < -0.4 is 11.1 Å². The molecule has 1 aromatic carbocycles. The van der Waals surface area contributed by atoms with Crippen molar-refractivity contribution in [2.45, 2.75) is 6.92 Å². The molecule has 0 radical (unpaired) electrons. The van der Waals surface area contributed by atoms with Crippen molar-refractivity contribution in [2.24, 2.45) is 0 Å². The first kappa shape index (κ1) is 13.3. The Balaban J connectivity index is 1.78. The number of hydrogen-bond acceptors (Lipinski definition) is 6. The molecule has 0 aliphatic rings. The van der Waals surface area contributed by atoms with Crippen molar-refractivity contribution in [1.29, 1.82) is 0 Å². The highest BCUT2D eigenvalue weighted by molar-refractivity contribution is 7.14. The first-order chi connectivity index (χ1) is 10.1. The molecule has 0 bridgehead atoms. The zero-order chi connectivity index (χ0) is 14.8. The number of thiazole rings is 1. The average Bonchev–Trinajstić information content (AvgIpc) is 3.09. The lowest BCUT2D eigenvalue weighted by atomic mass is 10.1. The number of carbonyl (C=O) groups excluding carboxylic acids is 1. The van der Waals surface area contributed by atoms with Gasteiger partial charge in [0.05, 0.1) is 11.9 Å². The third-order valence-corrected chi connectivity index (χ3v) is 3.68. The largest absolute Gasteiger partial charge is 0.399 e. The van der Waals surface area contributed by atoms with Crippen molar-refractivity contribution in [3.63, 3.8) is 0 Å². The highest BCUT2D eigenvalue weighted by Gasteiger charge is 2.14. The zero-order valence-electron chi connectivity index (χ0n) is 11.2. The molecule has 106 valence electrons. The Morgan fingerprint density at radius 1 is 1.33 bits per heavy atom. The quantitative estimate of drug-likeness (QED) is 0.725. The number of aromatic nitrogens is 2. The smallest absolute Gasteiger partial charge is 0.262 e. The van der Waals surface area contributed by atoms with Crippen molar-refractivity contribution >= 4 is 28.1 Å². The normalized spacial score (nSPS) is 10.5. The van der Waals surface area contributed by atoms with E-state index in [1.54, 1.807) is 6.92 Å². The molecule has 0 saturated carbocycles. The lowest BCUT2D eigenvalue weighted by molar-refractivity contribution is 0.102. The fourth-order valence-electron chi connectivity index (χ4n) is 1.80. The van der Waals surface area contributed by atoms with E-state index in [1.165, 1.54) is 17.5 Å². The Kier molecular flexibility index (Phi) is 3.41. The average molecular weight is 300 g/mol. The number of nitrogen functional groups attached to an aromatic ring is 1. The van der Waals surface area contributed by atoms with Crippen molar-refractivity contribution < 1.29 is 9.32 Å². The van der Waals surface area contributed by atoms with Crippen molar-refractivity contribution in [3.8, 4) is 11.3 Å². The van der Waals surface area contributed by atoms with Crippen molar-refractivity contribution in [3.05, 3.63) is 47.2 Å². The number of rotatable bonds is 3. The molecule has 3 rings (SSSR count). The molecule has 2 heterocycles. The number of hydrogen-bond donors (Lipinski definition) is 2. The maximum atomic E-state index is 12.0. The van der Waals surface area contributed by atoms with Gasteiger partial charge in [0.2, 0.25) is 0 Å². The number of benzene rings is 1. The van der Waals surface area contributed by atoms with E-state index in [9.17, 15) is 4.79 Å². The molecule has 21 heavy (non-hydrogen) atoms. The van der Waals surface area contributed by atoms with Gasteiger partial charge in [0.1, 0.15) is 11.3 Å². The molecule has 0 fully saturated rings. The summed E-state index contributed by atoms with van der Waals surface area (Å²) in [6.07, 6.45) is 1.39. The highest BCUT2D eigenvalue weighted by atomic mass is 32.1. The van der Waals surface area contributed by atoms with Gasteiger partial charge >= 0.3 is 0 Å². The Labute approximate surface area is 124 Å². The van der Waals surface area contributed by atoms with Crippen LogP contribution >= 0.6 is 11.3 Å². The third-order valence-electron chi connectivity index (χ3n) is 2.93. The fourth-order valence-corrected chi connectivity index (χ4v) is 2.51. The van der Waals surface area contributed by atoms with E-state index in [4.69, 9.17) is 10.3 Å². The summed E-state index contributed by atoms with van der Waals surface area (Å²) in [6, 6.07) is 7.40. The van der Waals surface area contributed by atoms with Gasteiger partial charge in [-0.15, -0.1) is 11.3 Å². The number of carbonyl (C=O) groups is 1. The first-order valence-electron chi connectivity index (χ1n) is 6.17. The van der Waals surface area contributed by atoms with Crippen LogP contribution in [-0.2, 0) is 0 Å². The van der Waals surface area contributed by atoms with Crippen LogP contribution in [0.2, 0.25) is 0 Å². The van der Waals surface area contributed by atoms with Gasteiger partial charge in [0.25, 0.3) is 5.91 Å². The molecule has 1 amide bonds. The van der Waals surface area contributed by atoms with Gasteiger partial charge in [0.15, 0.2) is 5.13 Å². The van der Waals surface area contributed by atoms with Crippen LogP contribution in [-0.4, -0.2) is 16.0 Å². The molecule has 0 aliphatic heterocycles. The molecule has 6 nitrogen and oxygen atoms in total. The Morgan fingerprint density at radius 2 is 2.10 bits per heavy atom. The van der Waals surface area contributed by atoms with E-state index < -0.39 is 0 Å². The molecule has 7 heteroatoms. The van der Waals surface area contributed by atoms with Gasteiger partial charge in [-0.25, -0.2) is 4.98 Å². The van der Waals surface area contributed by atoms with Crippen LogP contribution in [0.15, 0.2) is 40.4 Å². The minimum Gasteiger partial charge on any atom is -0.399 e. The second-order valence-electron chi connectivity index (χ2n) is 4.41. The molecule has 0 unspecified atom stereocenters. The number of anilines is 2. The van der Waals surface area contributed by atoms with Crippen molar-refractivity contribution in [2.75, 3.05) is 11.1 Å². The lowest BCUT2D eigenvalue weighted by Crippen LogP contribution is -2.11. The minimum absolute atomic E-state index is 0.285. The van der Waals surface area contributed by atoms with E-state index in [1.807, 2.05) is 29.6 Å². The number of nitrogens with one attached hydrogen (secondary N) is 1. The summed E-state index contributed by atoms with van der Waals surface area (Å²) in [5.41, 5.74) is 8.49. The molecule has 3 aromatic rings. The van der Waals surface area contributed by atoms with E-state index in [-0.39, 0.29) is 5.91 Å². The second-order valence-corrected chi connectivity index (χ2v) is 5.27. The van der Waals surface area contributed by atoms with Gasteiger partial charge in [0, 0.05) is 16.6 Å². The number of aryl methyl sites for hydroxylation is 1. The topological polar surface area (TPSA) is 94.0 Å². The number of nitrogens with two attached hydrogens (primary N) is 1. The summed E-state index contributed by atoms with van der Waals surface area (Å²) >= 11 is 1.35. The molecule has 2 aromatic heterocycles. The van der Waals surface area contributed by atoms with E-state index in [0.29, 0.717) is 22.1 Å². The summed E-state index contributed by atoms with van der Waals surface area (Å²) in [5, 5.41) is 8.71. The van der Waals surface area contributed by atoms with E-state index in [0.717, 1.165) is 11.3 Å². The molecule has 3 N–H and O–H groups in total. The van der Waals surface area contributed by atoms with Crippen LogP contribution in [0.3, 0.4) is 0 Å². The number of amides is 1. The predicted molar refractivity (Wildman–Crippen MR) is 81.2 cm³/mol. The zero-order valence-corrected chi connectivity index (χ0v) is 12.0. The van der Waals surface area contributed by atoms with Crippen molar-refractivity contribution in [1.82, 2.24) is 10.1 Å². The molecule has 0 atom stereocenters. The fraction of sp³-hybridized carbons (Fsp3) is 0.0714. The predicted octanol–water partition coefficient (Wildman–Crippen LogP) is 2.94. The summed E-state index contributed by atoms with van der Waals surface area (Å²) in [7, 11) is 0. The lowest BCUT2D eigenvalue weighted by Gasteiger charge is -1.99. The summed E-state index contributed by atoms with van der Waals surface area (Å²) < 4.78 is 4.87. The van der Waals surface area contributed by atoms with E-state index in [2.05, 4.69) is 15.5 Å². The van der Waals surface area contributed by atoms with Gasteiger partial charge in [-0.05, 0) is 19.1 Å². The third kappa shape index (κ3) is 2.77. The second kappa shape index (κ2) is 5.37. The van der Waals surface area contributed by atoms with Crippen LogP contribution in [0.1, 0.15) is 16.1 Å². The standard InChI is InChI=1S/C14H12N4O2S/c1-8-11(6-16-20-8)13(19)18-14-17-12(7-21-14)9-2-4-10(15)5-3-9/h2-7H,15H2,1H3,(H,17,18,19). The first-order valence-corrected chi connectivity index (χ1v) is 7.05.